The summed E-state index contributed by atoms with van der Waals surface area (Å²) in [6, 6.07) is 14.1. The van der Waals surface area contributed by atoms with Gasteiger partial charge in [-0.15, -0.1) is 0 Å². The Morgan fingerprint density at radius 3 is 2.81 bits per heavy atom. The summed E-state index contributed by atoms with van der Waals surface area (Å²) in [6.07, 6.45) is 3.55. The van der Waals surface area contributed by atoms with Gasteiger partial charge in [-0.1, -0.05) is 18.2 Å². The smallest absolute Gasteiger partial charge is 0.124 e. The van der Waals surface area contributed by atoms with E-state index in [1.54, 1.807) is 13.2 Å². The highest BCUT2D eigenvalue weighted by atomic mass is 16.5. The second kappa shape index (κ2) is 6.08. The van der Waals surface area contributed by atoms with Gasteiger partial charge in [0.05, 0.1) is 7.11 Å². The normalized spacial score (nSPS) is 14.4. The van der Waals surface area contributed by atoms with Crippen molar-refractivity contribution in [2.75, 3.05) is 18.6 Å². The van der Waals surface area contributed by atoms with Gasteiger partial charge in [-0.05, 0) is 43.0 Å². The third-order valence-corrected chi connectivity index (χ3v) is 4.11. The lowest BCUT2D eigenvalue weighted by atomic mass is 10.1. The van der Waals surface area contributed by atoms with Gasteiger partial charge in [0.1, 0.15) is 11.5 Å². The molecule has 3 rings (SSSR count). The van der Waals surface area contributed by atoms with E-state index in [9.17, 15) is 5.11 Å². The van der Waals surface area contributed by atoms with Gasteiger partial charge in [-0.2, -0.15) is 0 Å². The monoisotopic (exact) mass is 283 g/mol. The van der Waals surface area contributed by atoms with Gasteiger partial charge in [-0.25, -0.2) is 0 Å². The molecule has 1 aliphatic heterocycles. The molecule has 0 aliphatic carbocycles. The van der Waals surface area contributed by atoms with Gasteiger partial charge >= 0.3 is 0 Å². The van der Waals surface area contributed by atoms with E-state index in [0.717, 1.165) is 25.1 Å². The van der Waals surface area contributed by atoms with Gasteiger partial charge in [0.15, 0.2) is 0 Å². The number of hydrogen-bond donors (Lipinski definition) is 1. The lowest BCUT2D eigenvalue weighted by Crippen LogP contribution is -2.23. The van der Waals surface area contributed by atoms with Crippen LogP contribution in [-0.2, 0) is 13.0 Å². The molecule has 0 bridgehead atoms. The first-order valence-corrected chi connectivity index (χ1v) is 7.46. The maximum atomic E-state index is 10.2. The Morgan fingerprint density at radius 2 is 2.00 bits per heavy atom. The summed E-state index contributed by atoms with van der Waals surface area (Å²) in [5, 5.41) is 10.2. The molecular weight excluding hydrogens is 262 g/mol. The first-order valence-electron chi connectivity index (χ1n) is 7.46. The van der Waals surface area contributed by atoms with Crippen LogP contribution in [-0.4, -0.2) is 18.8 Å². The molecule has 21 heavy (non-hydrogen) atoms. The molecule has 1 aliphatic rings. The van der Waals surface area contributed by atoms with Crippen molar-refractivity contribution in [2.45, 2.75) is 25.8 Å². The Kier molecular flexibility index (Phi) is 4.00. The van der Waals surface area contributed by atoms with Crippen molar-refractivity contribution in [1.82, 2.24) is 0 Å². The van der Waals surface area contributed by atoms with Crippen LogP contribution >= 0.6 is 0 Å². The van der Waals surface area contributed by atoms with Gasteiger partial charge in [0.25, 0.3) is 0 Å². The number of phenolic OH excluding ortho intramolecular Hbond substituents is 1. The molecule has 1 heterocycles. The SMILES string of the molecule is COc1ccc(CN2CCCCc3ccccc32)c(O)c1. The lowest BCUT2D eigenvalue weighted by Gasteiger charge is -2.25. The standard InChI is InChI=1S/C18H21NO2/c1-21-16-10-9-15(18(20)12-16)13-19-11-5-4-7-14-6-2-3-8-17(14)19/h2-3,6,8-10,12,20H,4-5,7,11,13H2,1H3. The molecule has 0 unspecified atom stereocenters. The number of fused-ring (bicyclic) bond motifs is 1. The summed E-state index contributed by atoms with van der Waals surface area (Å²) in [7, 11) is 1.61. The Bertz CT molecular complexity index is 624. The summed E-state index contributed by atoms with van der Waals surface area (Å²) in [6.45, 7) is 1.76. The van der Waals surface area contributed by atoms with Crippen LogP contribution in [0.4, 0.5) is 5.69 Å². The molecule has 0 saturated carbocycles. The molecule has 3 nitrogen and oxygen atoms in total. The minimum Gasteiger partial charge on any atom is -0.507 e. The van der Waals surface area contributed by atoms with Crippen LogP contribution in [0.5, 0.6) is 11.5 Å². The fourth-order valence-corrected chi connectivity index (χ4v) is 2.94. The molecular formula is C18H21NO2. The van der Waals surface area contributed by atoms with E-state index in [1.165, 1.54) is 24.1 Å². The number of rotatable bonds is 3. The minimum atomic E-state index is 0.302. The summed E-state index contributed by atoms with van der Waals surface area (Å²) < 4.78 is 5.14. The predicted octanol–water partition coefficient (Wildman–Crippen LogP) is 3.74. The van der Waals surface area contributed by atoms with Crippen LogP contribution in [0.15, 0.2) is 42.5 Å². The second-order valence-corrected chi connectivity index (χ2v) is 5.50. The highest BCUT2D eigenvalue weighted by molar-refractivity contribution is 5.55. The van der Waals surface area contributed by atoms with E-state index in [4.69, 9.17) is 4.74 Å². The molecule has 0 fully saturated rings. The van der Waals surface area contributed by atoms with Crippen molar-refractivity contribution in [1.29, 1.82) is 0 Å². The third-order valence-electron chi connectivity index (χ3n) is 4.11. The number of phenols is 1. The van der Waals surface area contributed by atoms with E-state index in [2.05, 4.69) is 29.2 Å². The van der Waals surface area contributed by atoms with Crippen LogP contribution in [0, 0.1) is 0 Å². The average Bonchev–Trinajstić information content (AvgIpc) is 2.72. The van der Waals surface area contributed by atoms with E-state index in [0.29, 0.717) is 11.5 Å². The summed E-state index contributed by atoms with van der Waals surface area (Å²) in [4.78, 5) is 2.36. The molecule has 0 aromatic heterocycles. The number of benzene rings is 2. The number of aromatic hydroxyl groups is 1. The molecule has 2 aromatic carbocycles. The molecule has 0 spiro atoms. The lowest BCUT2D eigenvalue weighted by molar-refractivity contribution is 0.406. The average molecular weight is 283 g/mol. The Hall–Kier alpha value is -2.16. The van der Waals surface area contributed by atoms with Crippen molar-refractivity contribution >= 4 is 5.69 Å². The number of ether oxygens (including phenoxy) is 1. The maximum Gasteiger partial charge on any atom is 0.124 e. The highest BCUT2D eigenvalue weighted by Gasteiger charge is 2.16. The van der Waals surface area contributed by atoms with E-state index >= 15 is 0 Å². The Labute approximate surface area is 125 Å². The van der Waals surface area contributed by atoms with Crippen LogP contribution in [0.3, 0.4) is 0 Å². The molecule has 1 N–H and O–H groups in total. The maximum absolute atomic E-state index is 10.2. The third kappa shape index (κ3) is 2.97. The van der Waals surface area contributed by atoms with Crippen LogP contribution in [0.2, 0.25) is 0 Å². The van der Waals surface area contributed by atoms with E-state index < -0.39 is 0 Å². The molecule has 0 atom stereocenters. The number of hydrogen-bond acceptors (Lipinski definition) is 3. The van der Waals surface area contributed by atoms with Gasteiger partial charge < -0.3 is 14.7 Å². The first kappa shape index (κ1) is 13.8. The molecule has 0 radical (unpaired) electrons. The summed E-state index contributed by atoms with van der Waals surface area (Å²) >= 11 is 0. The number of methoxy groups -OCH3 is 1. The summed E-state index contributed by atoms with van der Waals surface area (Å²) in [5.74, 6) is 0.989. The highest BCUT2D eigenvalue weighted by Crippen LogP contribution is 2.30. The predicted molar refractivity (Wildman–Crippen MR) is 85.1 cm³/mol. The number of aryl methyl sites for hydroxylation is 1. The quantitative estimate of drug-likeness (QED) is 0.931. The molecule has 3 heteroatoms. The first-order chi connectivity index (χ1) is 10.3. The van der Waals surface area contributed by atoms with Gasteiger partial charge in [0.2, 0.25) is 0 Å². The molecule has 0 amide bonds. The molecule has 2 aromatic rings. The molecule has 0 saturated heterocycles. The zero-order chi connectivity index (χ0) is 14.7. The Balaban J connectivity index is 1.87. The van der Waals surface area contributed by atoms with Crippen LogP contribution in [0.25, 0.3) is 0 Å². The van der Waals surface area contributed by atoms with E-state index in [-0.39, 0.29) is 0 Å². The topological polar surface area (TPSA) is 32.7 Å². The van der Waals surface area contributed by atoms with Crippen LogP contribution < -0.4 is 9.64 Å². The zero-order valence-electron chi connectivity index (χ0n) is 12.4. The van der Waals surface area contributed by atoms with Crippen molar-refractivity contribution in [3.63, 3.8) is 0 Å². The number of para-hydroxylation sites is 1. The van der Waals surface area contributed by atoms with Crippen molar-refractivity contribution in [2.24, 2.45) is 0 Å². The van der Waals surface area contributed by atoms with Crippen molar-refractivity contribution in [3.05, 3.63) is 53.6 Å². The largest absolute Gasteiger partial charge is 0.507 e. The minimum absolute atomic E-state index is 0.302. The fraction of sp³-hybridized carbons (Fsp3) is 0.333. The molecule has 110 valence electrons. The zero-order valence-corrected chi connectivity index (χ0v) is 12.4. The van der Waals surface area contributed by atoms with Gasteiger partial charge in [-0.3, -0.25) is 0 Å². The fourth-order valence-electron chi connectivity index (χ4n) is 2.94. The summed E-state index contributed by atoms with van der Waals surface area (Å²) in [5.41, 5.74) is 3.64. The van der Waals surface area contributed by atoms with Crippen LogP contribution in [0.1, 0.15) is 24.0 Å². The van der Waals surface area contributed by atoms with Gasteiger partial charge in [0, 0.05) is 30.4 Å². The number of anilines is 1. The van der Waals surface area contributed by atoms with Crippen molar-refractivity contribution < 1.29 is 9.84 Å². The number of nitrogens with zero attached hydrogens (tertiary/aromatic N) is 1. The van der Waals surface area contributed by atoms with E-state index in [1.807, 2.05) is 12.1 Å². The Morgan fingerprint density at radius 1 is 1.14 bits per heavy atom. The second-order valence-electron chi connectivity index (χ2n) is 5.50. The van der Waals surface area contributed by atoms with Crippen molar-refractivity contribution in [3.8, 4) is 11.5 Å².